The molecule has 152 valence electrons. The summed E-state index contributed by atoms with van der Waals surface area (Å²) in [6.45, 7) is 6.62. The third kappa shape index (κ3) is 4.84. The molecule has 8 heteroatoms. The lowest BCUT2D eigenvalue weighted by atomic mass is 10.2. The summed E-state index contributed by atoms with van der Waals surface area (Å²) in [6.07, 6.45) is 0. The first kappa shape index (κ1) is 19.6. The van der Waals surface area contributed by atoms with E-state index in [1.54, 1.807) is 4.90 Å². The average Bonchev–Trinajstić information content (AvgIpc) is 3.08. The lowest BCUT2D eigenvalue weighted by Crippen LogP contribution is -2.44. The number of hydrogen-bond donors (Lipinski definition) is 2. The normalized spacial score (nSPS) is 14.8. The molecule has 0 bridgehead atoms. The molecule has 2 amide bonds. The van der Waals surface area contributed by atoms with E-state index >= 15 is 0 Å². The molecule has 1 aliphatic heterocycles. The van der Waals surface area contributed by atoms with Gasteiger partial charge in [-0.1, -0.05) is 23.5 Å². The number of aryl methyl sites for hydroxylation is 1. The molecular weight excluding hydrogens is 386 g/mol. The monoisotopic (exact) mass is 411 g/mol. The van der Waals surface area contributed by atoms with E-state index in [1.165, 1.54) is 11.3 Å². The fourth-order valence-electron chi connectivity index (χ4n) is 3.43. The smallest absolute Gasteiger partial charge is 0.326 e. The SMILES string of the molecule is Cc1cccc(NC(=O)N(CCN2CCOCC2)c2ccc3nc(N)sc3c2)c1. The van der Waals surface area contributed by atoms with Crippen molar-refractivity contribution in [3.05, 3.63) is 48.0 Å². The molecule has 0 unspecified atom stereocenters. The molecule has 0 spiro atoms. The molecule has 3 aromatic rings. The number of amides is 2. The number of nitrogen functional groups attached to an aromatic ring is 1. The first-order valence-electron chi connectivity index (χ1n) is 9.70. The Bertz CT molecular complexity index is 1000. The maximum atomic E-state index is 13.2. The van der Waals surface area contributed by atoms with Gasteiger partial charge in [-0.2, -0.15) is 0 Å². The van der Waals surface area contributed by atoms with E-state index in [0.29, 0.717) is 11.7 Å². The zero-order valence-electron chi connectivity index (χ0n) is 16.4. The molecule has 1 fully saturated rings. The number of anilines is 3. The quantitative estimate of drug-likeness (QED) is 0.671. The zero-order valence-corrected chi connectivity index (χ0v) is 17.2. The summed E-state index contributed by atoms with van der Waals surface area (Å²) in [5.74, 6) is 0. The number of benzene rings is 2. The molecule has 0 radical (unpaired) electrons. The first-order chi connectivity index (χ1) is 14.1. The summed E-state index contributed by atoms with van der Waals surface area (Å²) in [7, 11) is 0. The van der Waals surface area contributed by atoms with Gasteiger partial charge in [0.25, 0.3) is 0 Å². The number of urea groups is 1. The van der Waals surface area contributed by atoms with Gasteiger partial charge >= 0.3 is 6.03 Å². The number of thiazole rings is 1. The van der Waals surface area contributed by atoms with Crippen LogP contribution in [0.2, 0.25) is 0 Å². The topological polar surface area (TPSA) is 83.7 Å². The standard InChI is InChI=1S/C21H25N5O2S/c1-15-3-2-4-16(13-15)23-21(27)26(8-7-25-9-11-28-12-10-25)17-5-6-18-19(14-17)29-20(22)24-18/h2-6,13-14H,7-12H2,1H3,(H2,22,24)(H,23,27). The van der Waals surface area contributed by atoms with Crippen LogP contribution in [0.1, 0.15) is 5.56 Å². The summed E-state index contributed by atoms with van der Waals surface area (Å²) in [5, 5.41) is 3.56. The Morgan fingerprint density at radius 2 is 2.10 bits per heavy atom. The molecule has 7 nitrogen and oxygen atoms in total. The van der Waals surface area contributed by atoms with E-state index in [9.17, 15) is 4.79 Å². The first-order valence-corrected chi connectivity index (χ1v) is 10.5. The van der Waals surface area contributed by atoms with E-state index in [1.807, 2.05) is 49.4 Å². The van der Waals surface area contributed by atoms with Crippen LogP contribution in [-0.4, -0.2) is 55.3 Å². The Morgan fingerprint density at radius 3 is 2.90 bits per heavy atom. The van der Waals surface area contributed by atoms with Crippen molar-refractivity contribution in [1.29, 1.82) is 0 Å². The van der Waals surface area contributed by atoms with Gasteiger partial charge in [0.1, 0.15) is 0 Å². The van der Waals surface area contributed by atoms with Gasteiger partial charge in [0, 0.05) is 37.6 Å². The minimum atomic E-state index is -0.152. The largest absolute Gasteiger partial charge is 0.379 e. The third-order valence-corrected chi connectivity index (χ3v) is 5.81. The number of carbonyl (C=O) groups is 1. The van der Waals surface area contributed by atoms with Gasteiger partial charge in [-0.3, -0.25) is 9.80 Å². The van der Waals surface area contributed by atoms with Crippen molar-refractivity contribution in [2.45, 2.75) is 6.92 Å². The van der Waals surface area contributed by atoms with E-state index in [2.05, 4.69) is 15.2 Å². The van der Waals surface area contributed by atoms with Gasteiger partial charge in [0.05, 0.1) is 23.4 Å². The van der Waals surface area contributed by atoms with Gasteiger partial charge in [-0.15, -0.1) is 0 Å². The second-order valence-electron chi connectivity index (χ2n) is 7.11. The van der Waals surface area contributed by atoms with Crippen LogP contribution >= 0.6 is 11.3 Å². The predicted molar refractivity (Wildman–Crippen MR) is 119 cm³/mol. The summed E-state index contributed by atoms with van der Waals surface area (Å²) in [5.41, 5.74) is 9.42. The minimum Gasteiger partial charge on any atom is -0.379 e. The highest BCUT2D eigenvalue weighted by molar-refractivity contribution is 7.22. The number of hydrogen-bond acceptors (Lipinski definition) is 6. The number of morpholine rings is 1. The Hall–Kier alpha value is -2.68. The van der Waals surface area contributed by atoms with Crippen LogP contribution in [0.15, 0.2) is 42.5 Å². The van der Waals surface area contributed by atoms with Crippen LogP contribution in [-0.2, 0) is 4.74 Å². The van der Waals surface area contributed by atoms with Crippen molar-refractivity contribution in [2.75, 3.05) is 55.3 Å². The lowest BCUT2D eigenvalue weighted by molar-refractivity contribution is 0.0393. The lowest BCUT2D eigenvalue weighted by Gasteiger charge is -2.30. The average molecular weight is 412 g/mol. The van der Waals surface area contributed by atoms with Gasteiger partial charge in [0.15, 0.2) is 5.13 Å². The Balaban J connectivity index is 1.57. The number of nitrogens with two attached hydrogens (primary N) is 1. The molecule has 1 aliphatic rings. The van der Waals surface area contributed by atoms with Crippen molar-refractivity contribution < 1.29 is 9.53 Å². The summed E-state index contributed by atoms with van der Waals surface area (Å²) in [4.78, 5) is 21.6. The number of nitrogens with one attached hydrogen (secondary N) is 1. The van der Waals surface area contributed by atoms with E-state index < -0.39 is 0 Å². The van der Waals surface area contributed by atoms with E-state index in [0.717, 1.165) is 60.0 Å². The fraction of sp³-hybridized carbons (Fsp3) is 0.333. The highest BCUT2D eigenvalue weighted by Gasteiger charge is 2.19. The molecule has 4 rings (SSSR count). The molecule has 1 saturated heterocycles. The van der Waals surface area contributed by atoms with E-state index in [4.69, 9.17) is 10.5 Å². The van der Waals surface area contributed by atoms with Gasteiger partial charge < -0.3 is 15.8 Å². The number of nitrogens with zero attached hydrogens (tertiary/aromatic N) is 3. The van der Waals surface area contributed by atoms with Crippen LogP contribution < -0.4 is 16.0 Å². The molecule has 0 aliphatic carbocycles. The highest BCUT2D eigenvalue weighted by Crippen LogP contribution is 2.28. The van der Waals surface area contributed by atoms with Crippen molar-refractivity contribution in [2.24, 2.45) is 0 Å². The predicted octanol–water partition coefficient (Wildman–Crippen LogP) is 3.56. The molecule has 0 saturated carbocycles. The van der Waals surface area contributed by atoms with Gasteiger partial charge in [-0.05, 0) is 42.8 Å². The number of fused-ring (bicyclic) bond motifs is 1. The second-order valence-corrected chi connectivity index (χ2v) is 8.17. The van der Waals surface area contributed by atoms with Crippen LogP contribution in [0.3, 0.4) is 0 Å². The summed E-state index contributed by atoms with van der Waals surface area (Å²) in [6, 6.07) is 13.5. The van der Waals surface area contributed by atoms with Crippen molar-refractivity contribution in [1.82, 2.24) is 9.88 Å². The van der Waals surface area contributed by atoms with Crippen molar-refractivity contribution in [3.8, 4) is 0 Å². The summed E-state index contributed by atoms with van der Waals surface area (Å²) >= 11 is 1.43. The molecule has 1 aromatic heterocycles. The maximum absolute atomic E-state index is 13.2. The zero-order chi connectivity index (χ0) is 20.2. The van der Waals surface area contributed by atoms with Crippen LogP contribution in [0.4, 0.5) is 21.3 Å². The van der Waals surface area contributed by atoms with E-state index in [-0.39, 0.29) is 6.03 Å². The molecule has 2 aromatic carbocycles. The Labute approximate surface area is 174 Å². The number of carbonyl (C=O) groups excluding carboxylic acids is 1. The molecule has 29 heavy (non-hydrogen) atoms. The third-order valence-electron chi connectivity index (χ3n) is 4.96. The highest BCUT2D eigenvalue weighted by atomic mass is 32.1. The van der Waals surface area contributed by atoms with Gasteiger partial charge in [0.2, 0.25) is 0 Å². The second kappa shape index (κ2) is 8.77. The summed E-state index contributed by atoms with van der Waals surface area (Å²) < 4.78 is 6.40. The van der Waals surface area contributed by atoms with Gasteiger partial charge in [-0.25, -0.2) is 9.78 Å². The Morgan fingerprint density at radius 1 is 1.28 bits per heavy atom. The molecule has 0 atom stereocenters. The Kier molecular flexibility index (Phi) is 5.94. The van der Waals surface area contributed by atoms with Crippen molar-refractivity contribution in [3.63, 3.8) is 0 Å². The number of aromatic nitrogens is 1. The van der Waals surface area contributed by atoms with Crippen LogP contribution in [0.25, 0.3) is 10.2 Å². The molecule has 2 heterocycles. The fourth-order valence-corrected chi connectivity index (χ4v) is 4.19. The van der Waals surface area contributed by atoms with Crippen LogP contribution in [0.5, 0.6) is 0 Å². The minimum absolute atomic E-state index is 0.152. The number of ether oxygens (including phenoxy) is 1. The number of rotatable bonds is 5. The molecular formula is C21H25N5O2S. The maximum Gasteiger partial charge on any atom is 0.326 e. The van der Waals surface area contributed by atoms with Crippen LogP contribution in [0, 0.1) is 6.92 Å². The van der Waals surface area contributed by atoms with Crippen molar-refractivity contribution >= 4 is 44.1 Å². The molecule has 3 N–H and O–H groups in total.